The highest BCUT2D eigenvalue weighted by Gasteiger charge is 2.16. The third-order valence-corrected chi connectivity index (χ3v) is 3.32. The van der Waals surface area contributed by atoms with E-state index in [4.69, 9.17) is 0 Å². The number of sulfonamides is 1. The number of nitrogens with one attached hydrogen (secondary N) is 1. The first-order chi connectivity index (χ1) is 7.97. The number of hydrogen-bond acceptors (Lipinski definition) is 4. The summed E-state index contributed by atoms with van der Waals surface area (Å²) >= 11 is 0. The number of rotatable bonds is 3. The summed E-state index contributed by atoms with van der Waals surface area (Å²) in [6, 6.07) is 5.87. The quantitative estimate of drug-likeness (QED) is 0.852. The second-order valence-corrected chi connectivity index (χ2v) is 5.16. The van der Waals surface area contributed by atoms with Gasteiger partial charge in [0.15, 0.2) is 5.03 Å². The van der Waals surface area contributed by atoms with Crippen LogP contribution in [0.2, 0.25) is 0 Å². The van der Waals surface area contributed by atoms with E-state index in [9.17, 15) is 13.5 Å². The molecular weight excluding hydrogens is 242 g/mol. The van der Waals surface area contributed by atoms with E-state index in [2.05, 4.69) is 9.71 Å². The smallest absolute Gasteiger partial charge is 0.280 e. The summed E-state index contributed by atoms with van der Waals surface area (Å²) in [6.07, 6.45) is 2.79. The minimum atomic E-state index is -3.70. The molecule has 7 heteroatoms. The zero-order chi connectivity index (χ0) is 12.5. The highest BCUT2D eigenvalue weighted by molar-refractivity contribution is 7.92. The Morgan fingerprint density at radius 1 is 1.41 bits per heavy atom. The van der Waals surface area contributed by atoms with Crippen molar-refractivity contribution in [2.24, 2.45) is 7.05 Å². The number of aryl methyl sites for hydroxylation is 1. The van der Waals surface area contributed by atoms with Crippen LogP contribution >= 0.6 is 0 Å². The van der Waals surface area contributed by atoms with Crippen molar-refractivity contribution in [1.29, 1.82) is 0 Å². The second kappa shape index (κ2) is 4.10. The van der Waals surface area contributed by atoms with Gasteiger partial charge >= 0.3 is 0 Å². The molecule has 1 heterocycles. The SMILES string of the molecule is Cn1cnc(S(=O)(=O)Nc2cccc(O)c2)c1. The Hall–Kier alpha value is -2.02. The molecule has 1 aromatic carbocycles. The Morgan fingerprint density at radius 3 is 2.76 bits per heavy atom. The Bertz CT molecular complexity index is 634. The fourth-order valence-corrected chi connectivity index (χ4v) is 2.34. The van der Waals surface area contributed by atoms with Crippen molar-refractivity contribution in [3.63, 3.8) is 0 Å². The molecule has 0 amide bonds. The maximum atomic E-state index is 11.9. The molecule has 0 aliphatic carbocycles. The van der Waals surface area contributed by atoms with Gasteiger partial charge in [0.2, 0.25) is 0 Å². The molecule has 0 unspecified atom stereocenters. The minimum absolute atomic E-state index is 0.00813. The van der Waals surface area contributed by atoms with Crippen LogP contribution in [0, 0.1) is 0 Å². The van der Waals surface area contributed by atoms with Gasteiger partial charge in [0.25, 0.3) is 10.0 Å². The van der Waals surface area contributed by atoms with Gasteiger partial charge < -0.3 is 9.67 Å². The van der Waals surface area contributed by atoms with Crippen molar-refractivity contribution in [3.05, 3.63) is 36.8 Å². The zero-order valence-electron chi connectivity index (χ0n) is 9.03. The lowest BCUT2D eigenvalue weighted by Crippen LogP contribution is -2.13. The van der Waals surface area contributed by atoms with Crippen LogP contribution in [0.1, 0.15) is 0 Å². The van der Waals surface area contributed by atoms with Gasteiger partial charge in [-0.25, -0.2) is 4.98 Å². The molecule has 0 aliphatic heterocycles. The maximum Gasteiger partial charge on any atom is 0.280 e. The van der Waals surface area contributed by atoms with Gasteiger partial charge in [-0.3, -0.25) is 4.72 Å². The molecule has 2 rings (SSSR count). The van der Waals surface area contributed by atoms with E-state index in [0.29, 0.717) is 0 Å². The predicted molar refractivity (Wildman–Crippen MR) is 62.1 cm³/mol. The Kier molecular flexibility index (Phi) is 2.76. The van der Waals surface area contributed by atoms with E-state index in [1.807, 2.05) is 0 Å². The standard InChI is InChI=1S/C10H11N3O3S/c1-13-6-10(11-7-13)17(15,16)12-8-3-2-4-9(14)5-8/h2-7,12,14H,1H3. The van der Waals surface area contributed by atoms with Crippen LogP contribution in [0.15, 0.2) is 41.8 Å². The molecule has 6 nitrogen and oxygen atoms in total. The lowest BCUT2D eigenvalue weighted by Gasteiger charge is -2.05. The summed E-state index contributed by atoms with van der Waals surface area (Å²) in [5.41, 5.74) is 0.288. The first kappa shape index (κ1) is 11.5. The fraction of sp³-hybridized carbons (Fsp3) is 0.100. The number of phenolic OH excluding ortho intramolecular Hbond substituents is 1. The summed E-state index contributed by atoms with van der Waals surface area (Å²) in [6.45, 7) is 0. The van der Waals surface area contributed by atoms with Gasteiger partial charge in [-0.05, 0) is 12.1 Å². The normalized spacial score (nSPS) is 11.4. The largest absolute Gasteiger partial charge is 0.508 e. The van der Waals surface area contributed by atoms with Gasteiger partial charge in [0.05, 0.1) is 12.0 Å². The number of aromatic nitrogens is 2. The van der Waals surface area contributed by atoms with Crippen molar-refractivity contribution in [2.75, 3.05) is 4.72 Å². The predicted octanol–water partition coefficient (Wildman–Crippen LogP) is 0.926. The van der Waals surface area contributed by atoms with Gasteiger partial charge in [-0.1, -0.05) is 6.07 Å². The number of phenols is 1. The monoisotopic (exact) mass is 253 g/mol. The summed E-state index contributed by atoms with van der Waals surface area (Å²) in [7, 11) is -2.02. The highest BCUT2D eigenvalue weighted by atomic mass is 32.2. The molecule has 0 radical (unpaired) electrons. The van der Waals surface area contributed by atoms with Gasteiger partial charge in [0, 0.05) is 19.3 Å². The van der Waals surface area contributed by atoms with Crippen molar-refractivity contribution in [3.8, 4) is 5.75 Å². The van der Waals surface area contributed by atoms with Crippen LogP contribution in [0.4, 0.5) is 5.69 Å². The molecule has 0 saturated heterocycles. The number of benzene rings is 1. The number of aromatic hydroxyl groups is 1. The fourth-order valence-electron chi connectivity index (χ4n) is 1.30. The molecule has 0 fully saturated rings. The van der Waals surface area contributed by atoms with Crippen molar-refractivity contribution in [1.82, 2.24) is 9.55 Å². The number of anilines is 1. The third-order valence-electron chi connectivity index (χ3n) is 2.05. The van der Waals surface area contributed by atoms with E-state index < -0.39 is 10.0 Å². The number of hydrogen-bond donors (Lipinski definition) is 2. The molecule has 90 valence electrons. The van der Waals surface area contributed by atoms with Crippen LogP contribution in [0.5, 0.6) is 5.75 Å². The second-order valence-electron chi connectivity index (χ2n) is 3.53. The number of nitrogens with zero attached hydrogens (tertiary/aromatic N) is 2. The molecule has 0 atom stereocenters. The van der Waals surface area contributed by atoms with E-state index in [1.54, 1.807) is 19.2 Å². The van der Waals surface area contributed by atoms with Crippen LogP contribution < -0.4 is 4.72 Å². The molecule has 0 spiro atoms. The topological polar surface area (TPSA) is 84.2 Å². The van der Waals surface area contributed by atoms with Crippen LogP contribution in [0.3, 0.4) is 0 Å². The highest BCUT2D eigenvalue weighted by Crippen LogP contribution is 2.18. The van der Waals surface area contributed by atoms with Gasteiger partial charge in [-0.15, -0.1) is 0 Å². The van der Waals surface area contributed by atoms with E-state index in [0.717, 1.165) is 0 Å². The van der Waals surface area contributed by atoms with Crippen LogP contribution in [-0.2, 0) is 17.1 Å². The summed E-state index contributed by atoms with van der Waals surface area (Å²) in [4.78, 5) is 3.76. The first-order valence-electron chi connectivity index (χ1n) is 4.77. The lowest BCUT2D eigenvalue weighted by molar-refractivity contribution is 0.475. The van der Waals surface area contributed by atoms with Crippen molar-refractivity contribution < 1.29 is 13.5 Å². The number of imidazole rings is 1. The van der Waals surface area contributed by atoms with E-state index in [-0.39, 0.29) is 16.5 Å². The average Bonchev–Trinajstić information content (AvgIpc) is 2.65. The summed E-state index contributed by atoms with van der Waals surface area (Å²) in [5, 5.41) is 9.16. The molecule has 17 heavy (non-hydrogen) atoms. The summed E-state index contributed by atoms with van der Waals surface area (Å²) < 4.78 is 27.6. The van der Waals surface area contributed by atoms with Crippen molar-refractivity contribution in [2.45, 2.75) is 5.03 Å². The average molecular weight is 253 g/mol. The maximum absolute atomic E-state index is 11.9. The molecule has 0 bridgehead atoms. The molecule has 1 aromatic heterocycles. The van der Waals surface area contributed by atoms with Gasteiger partial charge in [0.1, 0.15) is 5.75 Å². The zero-order valence-corrected chi connectivity index (χ0v) is 9.85. The Morgan fingerprint density at radius 2 is 2.18 bits per heavy atom. The molecule has 2 N–H and O–H groups in total. The minimum Gasteiger partial charge on any atom is -0.508 e. The molecular formula is C10H11N3O3S. The van der Waals surface area contributed by atoms with Crippen LogP contribution in [-0.4, -0.2) is 23.1 Å². The Labute approximate surface area is 98.6 Å². The van der Waals surface area contributed by atoms with E-state index >= 15 is 0 Å². The van der Waals surface area contributed by atoms with Crippen molar-refractivity contribution >= 4 is 15.7 Å². The van der Waals surface area contributed by atoms with Gasteiger partial charge in [-0.2, -0.15) is 8.42 Å². The van der Waals surface area contributed by atoms with E-state index in [1.165, 1.54) is 29.2 Å². The first-order valence-corrected chi connectivity index (χ1v) is 6.25. The molecule has 2 aromatic rings. The Balaban J connectivity index is 2.29. The molecule has 0 aliphatic rings. The summed E-state index contributed by atoms with van der Waals surface area (Å²) in [5.74, 6) is -0.00813. The third kappa shape index (κ3) is 2.56. The molecule has 0 saturated carbocycles. The van der Waals surface area contributed by atoms with Crippen LogP contribution in [0.25, 0.3) is 0 Å². The lowest BCUT2D eigenvalue weighted by atomic mass is 10.3.